The van der Waals surface area contributed by atoms with Gasteiger partial charge in [0.2, 0.25) is 0 Å². The van der Waals surface area contributed by atoms with Crippen molar-refractivity contribution in [2.24, 2.45) is 0 Å². The highest BCUT2D eigenvalue weighted by Gasteiger charge is 2.24. The van der Waals surface area contributed by atoms with Crippen LogP contribution in [0.1, 0.15) is 38.5 Å². The van der Waals surface area contributed by atoms with Crippen LogP contribution in [0.4, 0.5) is 0 Å². The van der Waals surface area contributed by atoms with Crippen LogP contribution in [0.15, 0.2) is 0 Å². The van der Waals surface area contributed by atoms with Crippen LogP contribution in [-0.4, -0.2) is 54.4 Å². The first-order valence-electron chi connectivity index (χ1n) is 6.92. The summed E-state index contributed by atoms with van der Waals surface area (Å²) in [6.45, 7) is 6.49. The van der Waals surface area contributed by atoms with Crippen LogP contribution in [-0.2, 0) is 0 Å². The summed E-state index contributed by atoms with van der Waals surface area (Å²) < 4.78 is 0. The molecular formula is C13H25ClN2. The van der Waals surface area contributed by atoms with Crippen molar-refractivity contribution >= 4 is 11.6 Å². The molecule has 0 aromatic carbocycles. The molecule has 2 heterocycles. The van der Waals surface area contributed by atoms with Crippen LogP contribution >= 0.6 is 11.6 Å². The highest BCUT2D eigenvalue weighted by Crippen LogP contribution is 2.20. The summed E-state index contributed by atoms with van der Waals surface area (Å²) in [6.07, 6.45) is 8.20. The minimum Gasteiger partial charge on any atom is -0.303 e. The maximum absolute atomic E-state index is 5.74. The molecule has 2 fully saturated rings. The van der Waals surface area contributed by atoms with Gasteiger partial charge in [-0.05, 0) is 64.8 Å². The lowest BCUT2D eigenvalue weighted by atomic mass is 10.00. The Morgan fingerprint density at radius 1 is 0.938 bits per heavy atom. The zero-order chi connectivity index (χ0) is 11.2. The molecule has 0 aliphatic carbocycles. The summed E-state index contributed by atoms with van der Waals surface area (Å²) in [6, 6.07) is 0.882. The molecule has 2 rings (SSSR count). The number of nitrogens with zero attached hydrogens (tertiary/aromatic N) is 2. The van der Waals surface area contributed by atoms with Gasteiger partial charge in [0.15, 0.2) is 0 Å². The molecule has 0 atom stereocenters. The summed E-state index contributed by atoms with van der Waals surface area (Å²) in [7, 11) is 0. The van der Waals surface area contributed by atoms with E-state index in [-0.39, 0.29) is 0 Å². The van der Waals surface area contributed by atoms with Crippen LogP contribution in [0.3, 0.4) is 0 Å². The number of likely N-dealkylation sites (tertiary alicyclic amines) is 2. The van der Waals surface area contributed by atoms with Gasteiger partial charge in [-0.15, -0.1) is 11.6 Å². The van der Waals surface area contributed by atoms with Crippen molar-refractivity contribution in [2.75, 3.05) is 38.6 Å². The van der Waals surface area contributed by atoms with Crippen molar-refractivity contribution in [1.82, 2.24) is 9.80 Å². The fourth-order valence-corrected chi connectivity index (χ4v) is 3.19. The molecule has 0 aromatic heterocycles. The normalized spacial score (nSPS) is 26.1. The van der Waals surface area contributed by atoms with Crippen molar-refractivity contribution in [1.29, 1.82) is 0 Å². The largest absolute Gasteiger partial charge is 0.303 e. The average molecular weight is 245 g/mol. The molecular weight excluding hydrogens is 220 g/mol. The summed E-state index contributed by atoms with van der Waals surface area (Å²) in [4.78, 5) is 5.32. The quantitative estimate of drug-likeness (QED) is 0.702. The number of piperidine rings is 2. The molecule has 0 spiro atoms. The second-order valence-electron chi connectivity index (χ2n) is 5.21. The Bertz CT molecular complexity index is 184. The zero-order valence-electron chi connectivity index (χ0n) is 10.3. The Hall–Kier alpha value is 0.210. The van der Waals surface area contributed by atoms with Gasteiger partial charge in [0, 0.05) is 11.9 Å². The van der Waals surface area contributed by atoms with Crippen molar-refractivity contribution < 1.29 is 0 Å². The van der Waals surface area contributed by atoms with Gasteiger partial charge in [-0.1, -0.05) is 6.42 Å². The standard InChI is InChI=1S/C13H25ClN2/c14-7-4-8-15-11-5-13(6-12-15)16-9-2-1-3-10-16/h13H,1-12H2. The van der Waals surface area contributed by atoms with Gasteiger partial charge in [-0.2, -0.15) is 0 Å². The molecule has 0 bridgehead atoms. The van der Waals surface area contributed by atoms with E-state index in [0.717, 1.165) is 18.3 Å². The molecule has 2 aliphatic heterocycles. The number of hydrogen-bond donors (Lipinski definition) is 0. The topological polar surface area (TPSA) is 6.48 Å². The minimum absolute atomic E-state index is 0.812. The average Bonchev–Trinajstić information content (AvgIpc) is 2.38. The highest BCUT2D eigenvalue weighted by atomic mass is 35.5. The molecule has 0 amide bonds. The van der Waals surface area contributed by atoms with Gasteiger partial charge in [-0.25, -0.2) is 0 Å². The van der Waals surface area contributed by atoms with Crippen LogP contribution in [0, 0.1) is 0 Å². The third kappa shape index (κ3) is 3.61. The van der Waals surface area contributed by atoms with Gasteiger partial charge in [0.1, 0.15) is 0 Å². The Kier molecular flexibility index (Phi) is 5.40. The van der Waals surface area contributed by atoms with Crippen molar-refractivity contribution in [3.8, 4) is 0 Å². The van der Waals surface area contributed by atoms with Gasteiger partial charge in [0.25, 0.3) is 0 Å². The second-order valence-corrected chi connectivity index (χ2v) is 5.59. The van der Waals surface area contributed by atoms with Crippen LogP contribution in [0.5, 0.6) is 0 Å². The van der Waals surface area contributed by atoms with E-state index in [4.69, 9.17) is 11.6 Å². The molecule has 94 valence electrons. The van der Waals surface area contributed by atoms with E-state index < -0.39 is 0 Å². The maximum Gasteiger partial charge on any atom is 0.0235 e. The minimum atomic E-state index is 0.812. The molecule has 0 aromatic rings. The predicted octanol–water partition coefficient (Wildman–Crippen LogP) is 2.57. The lowest BCUT2D eigenvalue weighted by Gasteiger charge is -2.40. The summed E-state index contributed by atoms with van der Waals surface area (Å²) in [5.74, 6) is 0.812. The Labute approximate surface area is 105 Å². The predicted molar refractivity (Wildman–Crippen MR) is 70.2 cm³/mol. The van der Waals surface area contributed by atoms with Crippen molar-refractivity contribution in [3.05, 3.63) is 0 Å². The molecule has 0 unspecified atom stereocenters. The molecule has 0 N–H and O–H groups in total. The smallest absolute Gasteiger partial charge is 0.0235 e. The van der Waals surface area contributed by atoms with E-state index in [1.54, 1.807) is 0 Å². The number of alkyl halides is 1. The fraction of sp³-hybridized carbons (Fsp3) is 1.00. The van der Waals surface area contributed by atoms with Crippen LogP contribution in [0.25, 0.3) is 0 Å². The Balaban J connectivity index is 1.67. The fourth-order valence-electron chi connectivity index (χ4n) is 3.07. The van der Waals surface area contributed by atoms with Gasteiger partial charge < -0.3 is 9.80 Å². The maximum atomic E-state index is 5.74. The summed E-state index contributed by atoms with van der Waals surface area (Å²) >= 11 is 5.74. The van der Waals surface area contributed by atoms with E-state index in [1.165, 1.54) is 64.8 Å². The molecule has 0 radical (unpaired) electrons. The zero-order valence-corrected chi connectivity index (χ0v) is 11.1. The van der Waals surface area contributed by atoms with E-state index in [9.17, 15) is 0 Å². The third-order valence-corrected chi connectivity index (χ3v) is 4.34. The van der Waals surface area contributed by atoms with E-state index in [1.807, 2.05) is 0 Å². The van der Waals surface area contributed by atoms with Gasteiger partial charge in [0.05, 0.1) is 0 Å². The van der Waals surface area contributed by atoms with Crippen molar-refractivity contribution in [3.63, 3.8) is 0 Å². The lowest BCUT2D eigenvalue weighted by Crippen LogP contribution is -2.46. The first kappa shape index (κ1) is 12.7. The van der Waals surface area contributed by atoms with E-state index >= 15 is 0 Å². The third-order valence-electron chi connectivity index (χ3n) is 4.07. The second kappa shape index (κ2) is 6.83. The summed E-state index contributed by atoms with van der Waals surface area (Å²) in [5, 5.41) is 0. The number of rotatable bonds is 4. The monoisotopic (exact) mass is 244 g/mol. The van der Waals surface area contributed by atoms with Gasteiger partial charge >= 0.3 is 0 Å². The molecule has 2 nitrogen and oxygen atoms in total. The van der Waals surface area contributed by atoms with Crippen LogP contribution in [0.2, 0.25) is 0 Å². The van der Waals surface area contributed by atoms with Crippen LogP contribution < -0.4 is 0 Å². The van der Waals surface area contributed by atoms with E-state index in [2.05, 4.69) is 9.80 Å². The molecule has 2 saturated heterocycles. The van der Waals surface area contributed by atoms with E-state index in [0.29, 0.717) is 0 Å². The molecule has 16 heavy (non-hydrogen) atoms. The summed E-state index contributed by atoms with van der Waals surface area (Å²) in [5.41, 5.74) is 0. The molecule has 0 saturated carbocycles. The SMILES string of the molecule is ClCCCN1CCC(N2CCCCC2)CC1. The highest BCUT2D eigenvalue weighted by molar-refractivity contribution is 6.17. The lowest BCUT2D eigenvalue weighted by molar-refractivity contribution is 0.0928. The molecule has 3 heteroatoms. The first-order valence-corrected chi connectivity index (χ1v) is 7.46. The Morgan fingerprint density at radius 2 is 1.62 bits per heavy atom. The van der Waals surface area contributed by atoms with Crippen molar-refractivity contribution in [2.45, 2.75) is 44.6 Å². The van der Waals surface area contributed by atoms with Gasteiger partial charge in [-0.3, -0.25) is 0 Å². The number of hydrogen-bond acceptors (Lipinski definition) is 2. The molecule has 2 aliphatic rings. The Morgan fingerprint density at radius 3 is 2.25 bits per heavy atom. The number of halogens is 1. The first-order chi connectivity index (χ1) is 7.90.